The van der Waals surface area contributed by atoms with Crippen LogP contribution in [0.1, 0.15) is 12.8 Å². The van der Waals surface area contributed by atoms with Gasteiger partial charge >= 0.3 is 0 Å². The van der Waals surface area contributed by atoms with Crippen LogP contribution in [0.3, 0.4) is 0 Å². The number of anilines is 1. The molecule has 7 heteroatoms. The fourth-order valence-electron chi connectivity index (χ4n) is 2.94. The molecule has 23 heavy (non-hydrogen) atoms. The van der Waals surface area contributed by atoms with E-state index in [2.05, 4.69) is 10.6 Å². The third kappa shape index (κ3) is 4.19. The maximum Gasteiger partial charge on any atom is 0.249 e. The molecule has 5 nitrogen and oxygen atoms in total. The highest BCUT2D eigenvalue weighted by atomic mass is 35.5. The van der Waals surface area contributed by atoms with Crippen molar-refractivity contribution in [3.63, 3.8) is 0 Å². The van der Waals surface area contributed by atoms with Gasteiger partial charge in [-0.1, -0.05) is 17.7 Å². The number of hydrogen-bond donors (Lipinski definition) is 2. The van der Waals surface area contributed by atoms with Crippen LogP contribution in [-0.4, -0.2) is 48.5 Å². The van der Waals surface area contributed by atoms with E-state index in [1.165, 1.54) is 0 Å². The summed E-state index contributed by atoms with van der Waals surface area (Å²) in [4.78, 5) is 26.3. The van der Waals surface area contributed by atoms with Crippen LogP contribution in [-0.2, 0) is 9.59 Å². The molecule has 2 saturated heterocycles. The van der Waals surface area contributed by atoms with Crippen molar-refractivity contribution in [2.45, 2.75) is 24.9 Å². The van der Waals surface area contributed by atoms with Crippen molar-refractivity contribution in [2.75, 3.05) is 29.5 Å². The highest BCUT2D eigenvalue weighted by Gasteiger charge is 2.34. The lowest BCUT2D eigenvalue weighted by Crippen LogP contribution is -2.46. The fourth-order valence-corrected chi connectivity index (χ4v) is 4.08. The van der Waals surface area contributed by atoms with Crippen LogP contribution in [0.4, 0.5) is 5.69 Å². The lowest BCUT2D eigenvalue weighted by molar-refractivity contribution is -0.126. The molecule has 2 atom stereocenters. The van der Waals surface area contributed by atoms with E-state index in [0.717, 1.165) is 23.7 Å². The zero-order valence-corrected chi connectivity index (χ0v) is 14.3. The van der Waals surface area contributed by atoms with Crippen molar-refractivity contribution in [2.24, 2.45) is 0 Å². The summed E-state index contributed by atoms with van der Waals surface area (Å²) in [5.74, 6) is 1.91. The van der Waals surface area contributed by atoms with E-state index in [-0.39, 0.29) is 17.9 Å². The molecule has 124 valence electrons. The van der Waals surface area contributed by atoms with Gasteiger partial charge in [0, 0.05) is 47.8 Å². The molecule has 1 aromatic rings. The van der Waals surface area contributed by atoms with Crippen LogP contribution in [0, 0.1) is 0 Å². The number of rotatable bonds is 4. The number of carbonyl (C=O) groups excluding carboxylic acids is 2. The summed E-state index contributed by atoms with van der Waals surface area (Å²) in [6.45, 7) is 1.54. The second-order valence-corrected chi connectivity index (χ2v) is 7.39. The van der Waals surface area contributed by atoms with E-state index in [1.807, 2.05) is 23.9 Å². The number of thioether (sulfide) groups is 1. The van der Waals surface area contributed by atoms with Gasteiger partial charge in [0.05, 0.1) is 0 Å². The van der Waals surface area contributed by atoms with Gasteiger partial charge in [-0.2, -0.15) is 11.8 Å². The minimum absolute atomic E-state index is 0.0590. The first-order valence-corrected chi connectivity index (χ1v) is 9.34. The van der Waals surface area contributed by atoms with E-state index in [1.54, 1.807) is 17.0 Å². The molecule has 0 radical (unpaired) electrons. The summed E-state index contributed by atoms with van der Waals surface area (Å²) in [5.41, 5.74) is 0.782. The van der Waals surface area contributed by atoms with Crippen molar-refractivity contribution >= 4 is 40.9 Å². The fraction of sp³-hybridized carbons (Fsp3) is 0.500. The van der Waals surface area contributed by atoms with E-state index in [9.17, 15) is 9.59 Å². The van der Waals surface area contributed by atoms with Crippen molar-refractivity contribution < 1.29 is 9.59 Å². The molecular formula is C16H20ClN3O2S. The zero-order valence-electron chi connectivity index (χ0n) is 12.8. The molecule has 2 N–H and O–H groups in total. The monoisotopic (exact) mass is 353 g/mol. The Hall–Kier alpha value is -1.24. The van der Waals surface area contributed by atoms with Crippen LogP contribution in [0.15, 0.2) is 24.3 Å². The Morgan fingerprint density at radius 1 is 1.48 bits per heavy atom. The summed E-state index contributed by atoms with van der Waals surface area (Å²) in [6, 6.07) is 7.00. The second-order valence-electron chi connectivity index (χ2n) is 5.81. The lowest BCUT2D eigenvalue weighted by atomic mass is 10.2. The predicted octanol–water partition coefficient (Wildman–Crippen LogP) is 1.66. The molecule has 2 aliphatic heterocycles. The number of nitrogens with one attached hydrogen (secondary N) is 2. The smallest absolute Gasteiger partial charge is 0.249 e. The summed E-state index contributed by atoms with van der Waals surface area (Å²) in [7, 11) is 0. The topological polar surface area (TPSA) is 61.4 Å². The third-order valence-corrected chi connectivity index (χ3v) is 5.46. The van der Waals surface area contributed by atoms with Crippen molar-refractivity contribution in [1.82, 2.24) is 10.6 Å². The summed E-state index contributed by atoms with van der Waals surface area (Å²) in [5, 5.41) is 6.81. The molecule has 0 spiro atoms. The molecule has 2 amide bonds. The van der Waals surface area contributed by atoms with Gasteiger partial charge in [-0.05, 0) is 24.6 Å². The molecule has 1 aromatic carbocycles. The number of benzene rings is 1. The van der Waals surface area contributed by atoms with Crippen molar-refractivity contribution in [3.8, 4) is 0 Å². The molecule has 2 heterocycles. The van der Waals surface area contributed by atoms with Gasteiger partial charge in [-0.25, -0.2) is 0 Å². The van der Waals surface area contributed by atoms with Gasteiger partial charge in [0.2, 0.25) is 11.8 Å². The summed E-state index contributed by atoms with van der Waals surface area (Å²) >= 11 is 7.84. The van der Waals surface area contributed by atoms with Crippen molar-refractivity contribution in [3.05, 3.63) is 29.3 Å². The Bertz CT molecular complexity index is 592. The highest BCUT2D eigenvalue weighted by molar-refractivity contribution is 7.99. The van der Waals surface area contributed by atoms with Crippen LogP contribution in [0.5, 0.6) is 0 Å². The molecule has 0 aliphatic carbocycles. The van der Waals surface area contributed by atoms with Crippen LogP contribution in [0.25, 0.3) is 0 Å². The van der Waals surface area contributed by atoms with E-state index < -0.39 is 6.04 Å². The molecule has 3 rings (SSSR count). The lowest BCUT2D eigenvalue weighted by Gasteiger charge is -2.23. The maximum absolute atomic E-state index is 12.5. The average molecular weight is 354 g/mol. The normalized spacial score (nSPS) is 24.7. The first-order valence-electron chi connectivity index (χ1n) is 7.81. The number of amides is 2. The number of carbonyl (C=O) groups is 2. The standard InChI is InChI=1S/C16H20ClN3O2S/c17-11-2-1-3-13(8-11)20-6-4-14(16(20)22)19-15(21)9-12-10-23-7-5-18-12/h1-3,8,12,14,18H,4-7,9-10H2,(H,19,21). The minimum Gasteiger partial charge on any atom is -0.344 e. The molecule has 0 aromatic heterocycles. The Kier molecular flexibility index (Phi) is 5.46. The molecule has 0 saturated carbocycles. The van der Waals surface area contributed by atoms with Crippen LogP contribution in [0.2, 0.25) is 5.02 Å². The first kappa shape index (κ1) is 16.6. The Morgan fingerprint density at radius 3 is 3.09 bits per heavy atom. The van der Waals surface area contributed by atoms with Crippen LogP contribution < -0.4 is 15.5 Å². The summed E-state index contributed by atoms with van der Waals surface area (Å²) < 4.78 is 0. The van der Waals surface area contributed by atoms with E-state index in [4.69, 9.17) is 11.6 Å². The number of nitrogens with zero attached hydrogens (tertiary/aromatic N) is 1. The third-order valence-electron chi connectivity index (χ3n) is 4.09. The van der Waals surface area contributed by atoms with Gasteiger partial charge in [0.15, 0.2) is 0 Å². The Balaban J connectivity index is 1.55. The summed E-state index contributed by atoms with van der Waals surface area (Å²) in [6.07, 6.45) is 1.05. The Labute approximate surface area is 145 Å². The second kappa shape index (κ2) is 7.55. The molecule has 2 unspecified atom stereocenters. The van der Waals surface area contributed by atoms with Gasteiger partial charge in [-0.15, -0.1) is 0 Å². The van der Waals surface area contributed by atoms with Gasteiger partial charge in [0.25, 0.3) is 0 Å². The predicted molar refractivity (Wildman–Crippen MR) is 94.1 cm³/mol. The SMILES string of the molecule is O=C(CC1CSCCN1)NC1CCN(c2cccc(Cl)c2)C1=O. The zero-order chi connectivity index (χ0) is 16.2. The molecule has 0 bridgehead atoms. The highest BCUT2D eigenvalue weighted by Crippen LogP contribution is 2.24. The molecule has 2 aliphatic rings. The Morgan fingerprint density at radius 2 is 2.35 bits per heavy atom. The molecular weight excluding hydrogens is 334 g/mol. The number of hydrogen-bond acceptors (Lipinski definition) is 4. The minimum atomic E-state index is -0.433. The first-order chi connectivity index (χ1) is 11.1. The molecule has 2 fully saturated rings. The quantitative estimate of drug-likeness (QED) is 0.864. The van der Waals surface area contributed by atoms with Crippen LogP contribution >= 0.6 is 23.4 Å². The van der Waals surface area contributed by atoms with Crippen molar-refractivity contribution in [1.29, 1.82) is 0 Å². The van der Waals surface area contributed by atoms with Gasteiger partial charge < -0.3 is 15.5 Å². The van der Waals surface area contributed by atoms with E-state index >= 15 is 0 Å². The van der Waals surface area contributed by atoms with Gasteiger partial charge in [-0.3, -0.25) is 9.59 Å². The number of halogens is 1. The maximum atomic E-state index is 12.5. The largest absolute Gasteiger partial charge is 0.344 e. The van der Waals surface area contributed by atoms with Gasteiger partial charge in [0.1, 0.15) is 6.04 Å². The average Bonchev–Trinajstić information content (AvgIpc) is 2.89. The van der Waals surface area contributed by atoms with E-state index in [0.29, 0.717) is 24.4 Å².